The average Bonchev–Trinajstić information content (AvgIpc) is 2.12. The molecule has 1 nitrogen and oxygen atoms in total. The summed E-state index contributed by atoms with van der Waals surface area (Å²) in [4.78, 5) is 0. The number of pyridine rings is 1. The van der Waals surface area contributed by atoms with Gasteiger partial charge in [0.1, 0.15) is 6.54 Å². The fourth-order valence-electron chi connectivity index (χ4n) is 1.42. The smallest absolute Gasteiger partial charge is 0.171 e. The van der Waals surface area contributed by atoms with E-state index in [4.69, 9.17) is 0 Å². The third-order valence-electron chi connectivity index (χ3n) is 2.52. The highest BCUT2D eigenvalue weighted by Gasteiger charge is 2.01. The van der Waals surface area contributed by atoms with Crippen molar-refractivity contribution in [1.29, 1.82) is 0 Å². The predicted molar refractivity (Wildman–Crippen MR) is 55.6 cm³/mol. The molecule has 0 radical (unpaired) electrons. The first-order chi connectivity index (χ1) is 6.24. The minimum Gasteiger partial charge on any atom is -0.205 e. The van der Waals surface area contributed by atoms with E-state index in [1.54, 1.807) is 0 Å². The molecule has 0 spiro atoms. The molecule has 1 heteroatoms. The third-order valence-corrected chi connectivity index (χ3v) is 2.52. The van der Waals surface area contributed by atoms with E-state index < -0.39 is 0 Å². The van der Waals surface area contributed by atoms with Crippen LogP contribution in [-0.4, -0.2) is 0 Å². The second-order valence-corrected chi connectivity index (χ2v) is 3.76. The van der Waals surface area contributed by atoms with Crippen LogP contribution in [0.1, 0.15) is 37.3 Å². The highest BCUT2D eigenvalue weighted by molar-refractivity contribution is 5.16. The van der Waals surface area contributed by atoms with Crippen LogP contribution in [-0.2, 0) is 6.54 Å². The van der Waals surface area contributed by atoms with Gasteiger partial charge in [0.2, 0.25) is 0 Å². The quantitative estimate of drug-likeness (QED) is 0.493. The lowest BCUT2D eigenvalue weighted by molar-refractivity contribution is -0.697. The molecule has 72 valence electrons. The Morgan fingerprint density at radius 1 is 1.15 bits per heavy atom. The van der Waals surface area contributed by atoms with E-state index in [1.165, 1.54) is 30.4 Å². The third kappa shape index (κ3) is 3.17. The normalized spacial score (nSPS) is 10.4. The largest absolute Gasteiger partial charge is 0.205 e. The molecule has 0 unspecified atom stereocenters. The molecule has 0 atom stereocenters. The van der Waals surface area contributed by atoms with Gasteiger partial charge in [-0.1, -0.05) is 13.3 Å². The minimum atomic E-state index is 1.16. The second-order valence-electron chi connectivity index (χ2n) is 3.76. The van der Waals surface area contributed by atoms with Crippen molar-refractivity contribution in [2.24, 2.45) is 0 Å². The highest BCUT2D eigenvalue weighted by atomic mass is 14.9. The van der Waals surface area contributed by atoms with Crippen LogP contribution in [0.4, 0.5) is 0 Å². The zero-order valence-corrected chi connectivity index (χ0v) is 9.01. The molecule has 0 aliphatic carbocycles. The first-order valence-electron chi connectivity index (χ1n) is 5.20. The van der Waals surface area contributed by atoms with E-state index in [0.29, 0.717) is 0 Å². The monoisotopic (exact) mass is 178 g/mol. The van der Waals surface area contributed by atoms with Gasteiger partial charge >= 0.3 is 0 Å². The first kappa shape index (κ1) is 10.2. The molecule has 0 fully saturated rings. The molecule has 1 heterocycles. The maximum Gasteiger partial charge on any atom is 0.171 e. The maximum atomic E-state index is 2.29. The van der Waals surface area contributed by atoms with Gasteiger partial charge in [-0.2, -0.15) is 0 Å². The van der Waals surface area contributed by atoms with Crippen molar-refractivity contribution >= 4 is 0 Å². The fourth-order valence-corrected chi connectivity index (χ4v) is 1.42. The zero-order chi connectivity index (χ0) is 9.68. The standard InChI is InChI=1S/C12H20N/c1-4-5-6-8-13-9-7-11(2)12(3)10-13/h7,9-10H,4-6,8H2,1-3H3/q+1. The van der Waals surface area contributed by atoms with Crippen molar-refractivity contribution in [3.8, 4) is 0 Å². The number of aryl methyl sites for hydroxylation is 3. The summed E-state index contributed by atoms with van der Waals surface area (Å²) in [6, 6.07) is 2.20. The van der Waals surface area contributed by atoms with Crippen molar-refractivity contribution in [2.45, 2.75) is 46.6 Å². The van der Waals surface area contributed by atoms with E-state index in [-0.39, 0.29) is 0 Å². The lowest BCUT2D eigenvalue weighted by Gasteiger charge is -1.99. The number of rotatable bonds is 4. The Bertz CT molecular complexity index is 266. The second kappa shape index (κ2) is 5.00. The van der Waals surface area contributed by atoms with Gasteiger partial charge < -0.3 is 0 Å². The van der Waals surface area contributed by atoms with Gasteiger partial charge in [0, 0.05) is 18.1 Å². The SMILES string of the molecule is CCCCC[n+]1ccc(C)c(C)c1. The molecular weight excluding hydrogens is 158 g/mol. The summed E-state index contributed by atoms with van der Waals surface area (Å²) in [6.45, 7) is 7.73. The minimum absolute atomic E-state index is 1.16. The van der Waals surface area contributed by atoms with Crippen LogP contribution in [0.15, 0.2) is 18.5 Å². The van der Waals surface area contributed by atoms with Gasteiger partial charge in [-0.05, 0) is 25.8 Å². The molecule has 13 heavy (non-hydrogen) atoms. The van der Waals surface area contributed by atoms with Crippen LogP contribution in [0.2, 0.25) is 0 Å². The summed E-state index contributed by atoms with van der Waals surface area (Å²) < 4.78 is 2.29. The molecule has 1 aromatic rings. The van der Waals surface area contributed by atoms with Gasteiger partial charge in [0.25, 0.3) is 0 Å². The molecule has 0 N–H and O–H groups in total. The van der Waals surface area contributed by atoms with Gasteiger partial charge in [-0.3, -0.25) is 0 Å². The predicted octanol–water partition coefficient (Wildman–Crippen LogP) is 2.78. The number of aromatic nitrogens is 1. The Kier molecular flexibility index (Phi) is 3.94. The molecule has 0 aliphatic heterocycles. The summed E-state index contributed by atoms with van der Waals surface area (Å²) in [6.07, 6.45) is 8.35. The number of nitrogens with zero attached hydrogens (tertiary/aromatic N) is 1. The lowest BCUT2D eigenvalue weighted by atomic mass is 10.2. The molecule has 0 saturated carbocycles. The van der Waals surface area contributed by atoms with E-state index in [9.17, 15) is 0 Å². The van der Waals surface area contributed by atoms with Crippen LogP contribution in [0.3, 0.4) is 0 Å². The molecule has 0 aliphatic rings. The first-order valence-corrected chi connectivity index (χ1v) is 5.20. The van der Waals surface area contributed by atoms with Crippen molar-refractivity contribution in [1.82, 2.24) is 0 Å². The highest BCUT2D eigenvalue weighted by Crippen LogP contribution is 2.01. The van der Waals surface area contributed by atoms with Crippen LogP contribution in [0.25, 0.3) is 0 Å². The molecule has 0 amide bonds. The molecule has 0 saturated heterocycles. The van der Waals surface area contributed by atoms with Crippen molar-refractivity contribution < 1.29 is 4.57 Å². The Morgan fingerprint density at radius 3 is 2.54 bits per heavy atom. The summed E-state index contributed by atoms with van der Waals surface area (Å²) in [5.74, 6) is 0. The Labute approximate surface area is 81.4 Å². The van der Waals surface area contributed by atoms with E-state index in [2.05, 4.69) is 43.8 Å². The number of hydrogen-bond acceptors (Lipinski definition) is 0. The summed E-state index contributed by atoms with van der Waals surface area (Å²) >= 11 is 0. The number of unbranched alkanes of at least 4 members (excludes halogenated alkanes) is 2. The van der Waals surface area contributed by atoms with Gasteiger partial charge in [0.15, 0.2) is 12.4 Å². The Balaban J connectivity index is 2.53. The zero-order valence-electron chi connectivity index (χ0n) is 9.01. The Hall–Kier alpha value is -0.850. The van der Waals surface area contributed by atoms with Crippen molar-refractivity contribution in [3.05, 3.63) is 29.6 Å². The molecule has 1 aromatic heterocycles. The van der Waals surface area contributed by atoms with Crippen molar-refractivity contribution in [2.75, 3.05) is 0 Å². The fraction of sp³-hybridized carbons (Fsp3) is 0.583. The van der Waals surface area contributed by atoms with Gasteiger partial charge in [0.05, 0.1) is 0 Å². The summed E-state index contributed by atoms with van der Waals surface area (Å²) in [5, 5.41) is 0. The maximum absolute atomic E-state index is 2.29. The average molecular weight is 178 g/mol. The van der Waals surface area contributed by atoms with Gasteiger partial charge in [-0.15, -0.1) is 0 Å². The molecule has 1 rings (SSSR count). The molecule has 0 aromatic carbocycles. The van der Waals surface area contributed by atoms with Crippen LogP contribution >= 0.6 is 0 Å². The van der Waals surface area contributed by atoms with Crippen LogP contribution < -0.4 is 4.57 Å². The van der Waals surface area contributed by atoms with Crippen LogP contribution in [0, 0.1) is 13.8 Å². The van der Waals surface area contributed by atoms with E-state index in [1.807, 2.05) is 0 Å². The van der Waals surface area contributed by atoms with E-state index in [0.717, 1.165) is 6.54 Å². The Morgan fingerprint density at radius 2 is 1.92 bits per heavy atom. The van der Waals surface area contributed by atoms with Crippen LogP contribution in [0.5, 0.6) is 0 Å². The van der Waals surface area contributed by atoms with E-state index >= 15 is 0 Å². The molecule has 0 bridgehead atoms. The molecular formula is C12H20N+. The topological polar surface area (TPSA) is 3.88 Å². The number of hydrogen-bond donors (Lipinski definition) is 0. The lowest BCUT2D eigenvalue weighted by Crippen LogP contribution is -2.33. The van der Waals surface area contributed by atoms with Crippen molar-refractivity contribution in [3.63, 3.8) is 0 Å². The van der Waals surface area contributed by atoms with Gasteiger partial charge in [-0.25, -0.2) is 4.57 Å². The summed E-state index contributed by atoms with van der Waals surface area (Å²) in [7, 11) is 0. The summed E-state index contributed by atoms with van der Waals surface area (Å²) in [5.41, 5.74) is 2.77.